The van der Waals surface area contributed by atoms with Crippen molar-refractivity contribution < 1.29 is 14.3 Å². The van der Waals surface area contributed by atoms with Gasteiger partial charge in [0.05, 0.1) is 30.4 Å². The third-order valence-corrected chi connectivity index (χ3v) is 5.55. The number of fused-ring (bicyclic) bond motifs is 1. The molecule has 0 unspecified atom stereocenters. The first-order chi connectivity index (χ1) is 13.4. The molecule has 8 heteroatoms. The molecule has 0 aliphatic rings. The summed E-state index contributed by atoms with van der Waals surface area (Å²) >= 11 is 1.35. The number of carbonyl (C=O) groups is 2. The number of para-hydroxylation sites is 1. The summed E-state index contributed by atoms with van der Waals surface area (Å²) in [4.78, 5) is 37.6. The number of nitrogens with zero attached hydrogens (tertiary/aromatic N) is 2. The largest absolute Gasteiger partial charge is 0.462 e. The number of hydrogen-bond donors (Lipinski definition) is 1. The predicted molar refractivity (Wildman–Crippen MR) is 109 cm³/mol. The van der Waals surface area contributed by atoms with E-state index >= 15 is 0 Å². The van der Waals surface area contributed by atoms with Gasteiger partial charge < -0.3 is 10.1 Å². The van der Waals surface area contributed by atoms with Crippen molar-refractivity contribution >= 4 is 39.1 Å². The van der Waals surface area contributed by atoms with Crippen molar-refractivity contribution in [2.45, 2.75) is 33.7 Å². The number of aryl methyl sites for hydroxylation is 2. The van der Waals surface area contributed by atoms with Crippen LogP contribution in [-0.4, -0.2) is 28.3 Å². The Morgan fingerprint density at radius 2 is 2.00 bits per heavy atom. The minimum absolute atomic E-state index is 0.151. The number of nitrogens with one attached hydrogen (secondary N) is 1. The quantitative estimate of drug-likeness (QED) is 0.643. The van der Waals surface area contributed by atoms with Gasteiger partial charge in [0, 0.05) is 16.7 Å². The fourth-order valence-corrected chi connectivity index (χ4v) is 3.96. The van der Waals surface area contributed by atoms with Crippen LogP contribution in [0.2, 0.25) is 0 Å². The summed E-state index contributed by atoms with van der Waals surface area (Å²) < 4.78 is 6.74. The Hall–Kier alpha value is -3.00. The number of rotatable bonds is 6. The molecule has 0 atom stereocenters. The fraction of sp³-hybridized carbons (Fsp3) is 0.300. The number of benzene rings is 1. The Morgan fingerprint density at radius 1 is 1.25 bits per heavy atom. The van der Waals surface area contributed by atoms with Gasteiger partial charge >= 0.3 is 5.97 Å². The van der Waals surface area contributed by atoms with E-state index in [-0.39, 0.29) is 24.4 Å². The van der Waals surface area contributed by atoms with E-state index < -0.39 is 5.97 Å². The molecule has 2 heterocycles. The van der Waals surface area contributed by atoms with Crippen molar-refractivity contribution in [3.8, 4) is 0 Å². The van der Waals surface area contributed by atoms with Crippen molar-refractivity contribution in [3.63, 3.8) is 0 Å². The number of carbonyl (C=O) groups excluding carboxylic acids is 2. The highest BCUT2D eigenvalue weighted by Gasteiger charge is 2.22. The standard InChI is InChI=1S/C20H21N3O4S/c1-4-27-20(26)18-12(2)13(3)28-19(18)22-17(25)9-10-23-15-8-6-5-7-14(15)16(24)11-21-23/h5-8,11H,4,9-10H2,1-3H3,(H,22,25). The zero-order chi connectivity index (χ0) is 20.3. The van der Waals surface area contributed by atoms with Gasteiger partial charge in [0.2, 0.25) is 11.3 Å². The van der Waals surface area contributed by atoms with Gasteiger partial charge in [-0.25, -0.2) is 4.79 Å². The van der Waals surface area contributed by atoms with Crippen LogP contribution in [0.3, 0.4) is 0 Å². The molecule has 0 saturated carbocycles. The lowest BCUT2D eigenvalue weighted by Gasteiger charge is -2.10. The molecule has 0 radical (unpaired) electrons. The van der Waals surface area contributed by atoms with E-state index in [4.69, 9.17) is 4.74 Å². The van der Waals surface area contributed by atoms with Crippen LogP contribution in [0, 0.1) is 13.8 Å². The molecular formula is C20H21N3O4S. The smallest absolute Gasteiger partial charge is 0.341 e. The lowest BCUT2D eigenvalue weighted by atomic mass is 10.1. The van der Waals surface area contributed by atoms with E-state index in [1.165, 1.54) is 17.5 Å². The first-order valence-corrected chi connectivity index (χ1v) is 9.75. The Bertz CT molecular complexity index is 1100. The van der Waals surface area contributed by atoms with E-state index in [1.807, 2.05) is 19.9 Å². The van der Waals surface area contributed by atoms with Crippen LogP contribution in [0.4, 0.5) is 5.00 Å². The van der Waals surface area contributed by atoms with E-state index in [0.29, 0.717) is 28.0 Å². The summed E-state index contributed by atoms with van der Waals surface area (Å²) in [5.41, 5.74) is 1.74. The zero-order valence-electron chi connectivity index (χ0n) is 15.9. The predicted octanol–water partition coefficient (Wildman–Crippen LogP) is 3.28. The summed E-state index contributed by atoms with van der Waals surface area (Å²) in [6.45, 7) is 6.06. The van der Waals surface area contributed by atoms with Gasteiger partial charge in [-0.15, -0.1) is 11.3 Å². The highest BCUT2D eigenvalue weighted by atomic mass is 32.1. The number of ether oxygens (including phenoxy) is 1. The minimum Gasteiger partial charge on any atom is -0.462 e. The van der Waals surface area contributed by atoms with Crippen LogP contribution >= 0.6 is 11.3 Å². The van der Waals surface area contributed by atoms with Gasteiger partial charge in [-0.1, -0.05) is 12.1 Å². The number of hydrogen-bond acceptors (Lipinski definition) is 6. The van der Waals surface area contributed by atoms with Crippen LogP contribution in [-0.2, 0) is 16.1 Å². The molecule has 0 aliphatic carbocycles. The summed E-state index contributed by atoms with van der Waals surface area (Å²) in [5, 5.41) is 8.00. The van der Waals surface area contributed by atoms with Gasteiger partial charge in [0.25, 0.3) is 0 Å². The molecule has 146 valence electrons. The molecule has 7 nitrogen and oxygen atoms in total. The first kappa shape index (κ1) is 19.8. The molecule has 1 N–H and O–H groups in total. The van der Waals surface area contributed by atoms with Crippen LogP contribution in [0.25, 0.3) is 10.9 Å². The molecule has 1 aromatic carbocycles. The molecule has 28 heavy (non-hydrogen) atoms. The Kier molecular flexibility index (Phi) is 5.89. The molecule has 3 rings (SSSR count). The van der Waals surface area contributed by atoms with Gasteiger partial charge in [0.1, 0.15) is 5.00 Å². The van der Waals surface area contributed by atoms with Crippen LogP contribution in [0.5, 0.6) is 0 Å². The van der Waals surface area contributed by atoms with Crippen molar-refractivity contribution in [2.24, 2.45) is 0 Å². The Labute approximate surface area is 165 Å². The lowest BCUT2D eigenvalue weighted by molar-refractivity contribution is -0.116. The van der Waals surface area contributed by atoms with Crippen molar-refractivity contribution in [1.29, 1.82) is 0 Å². The number of thiophene rings is 1. The normalized spacial score (nSPS) is 10.8. The van der Waals surface area contributed by atoms with E-state index in [0.717, 1.165) is 10.4 Å². The third kappa shape index (κ3) is 3.96. The second-order valence-electron chi connectivity index (χ2n) is 6.26. The third-order valence-electron chi connectivity index (χ3n) is 4.43. The molecule has 0 spiro atoms. The highest BCUT2D eigenvalue weighted by Crippen LogP contribution is 2.33. The molecular weight excluding hydrogens is 378 g/mol. The average Bonchev–Trinajstić information content (AvgIpc) is 2.95. The number of aromatic nitrogens is 2. The molecule has 2 aromatic heterocycles. The van der Waals surface area contributed by atoms with E-state index in [9.17, 15) is 14.4 Å². The topological polar surface area (TPSA) is 90.3 Å². The molecule has 0 saturated heterocycles. The summed E-state index contributed by atoms with van der Waals surface area (Å²) in [6.07, 6.45) is 1.41. The number of esters is 1. The second kappa shape index (κ2) is 8.35. The van der Waals surface area contributed by atoms with Crippen LogP contribution < -0.4 is 10.7 Å². The van der Waals surface area contributed by atoms with Crippen molar-refractivity contribution in [2.75, 3.05) is 11.9 Å². The van der Waals surface area contributed by atoms with Gasteiger partial charge in [-0.05, 0) is 38.5 Å². The molecule has 0 bridgehead atoms. The maximum absolute atomic E-state index is 12.5. The molecule has 3 aromatic rings. The SMILES string of the molecule is CCOC(=O)c1c(NC(=O)CCn2ncc(=O)c3ccccc32)sc(C)c1C. The second-order valence-corrected chi connectivity index (χ2v) is 7.48. The van der Waals surface area contributed by atoms with Gasteiger partial charge in [0.15, 0.2) is 0 Å². The average molecular weight is 399 g/mol. The number of amides is 1. The van der Waals surface area contributed by atoms with E-state index in [1.54, 1.807) is 29.8 Å². The Morgan fingerprint density at radius 3 is 2.75 bits per heavy atom. The fourth-order valence-electron chi connectivity index (χ4n) is 2.90. The zero-order valence-corrected chi connectivity index (χ0v) is 16.8. The van der Waals surface area contributed by atoms with Crippen molar-refractivity contribution in [3.05, 3.63) is 56.7 Å². The first-order valence-electron chi connectivity index (χ1n) is 8.94. The molecule has 0 aliphatic heterocycles. The van der Waals surface area contributed by atoms with Gasteiger partial charge in [-0.2, -0.15) is 5.10 Å². The van der Waals surface area contributed by atoms with Crippen LogP contribution in [0.1, 0.15) is 34.1 Å². The number of anilines is 1. The summed E-state index contributed by atoms with van der Waals surface area (Å²) in [5.74, 6) is -0.677. The molecule has 0 fully saturated rings. The highest BCUT2D eigenvalue weighted by molar-refractivity contribution is 7.16. The summed E-state index contributed by atoms with van der Waals surface area (Å²) in [6, 6.07) is 7.15. The van der Waals surface area contributed by atoms with Crippen molar-refractivity contribution in [1.82, 2.24) is 9.78 Å². The van der Waals surface area contributed by atoms with Crippen LogP contribution in [0.15, 0.2) is 35.3 Å². The van der Waals surface area contributed by atoms with E-state index in [2.05, 4.69) is 10.4 Å². The summed E-state index contributed by atoms with van der Waals surface area (Å²) in [7, 11) is 0. The van der Waals surface area contributed by atoms with Gasteiger partial charge in [-0.3, -0.25) is 14.3 Å². The maximum Gasteiger partial charge on any atom is 0.341 e. The Balaban J connectivity index is 1.76. The monoisotopic (exact) mass is 399 g/mol. The minimum atomic E-state index is -0.437. The maximum atomic E-state index is 12.5. The molecule has 1 amide bonds. The lowest BCUT2D eigenvalue weighted by Crippen LogP contribution is -2.19.